The molecule has 9 heteroatoms. The SMILES string of the molecule is [Mg+2].[O-][I+2]([O-])[O-].[O-][I+2]([O-])[O-]. The Bertz CT molecular complexity index is 26.5. The molecule has 0 saturated heterocycles. The third-order valence-corrected chi connectivity index (χ3v) is 0. The van der Waals surface area contributed by atoms with Crippen molar-refractivity contribution in [2.45, 2.75) is 0 Å². The minimum absolute atomic E-state index is 0. The van der Waals surface area contributed by atoms with Crippen molar-refractivity contribution in [3.63, 3.8) is 0 Å². The van der Waals surface area contributed by atoms with Gasteiger partial charge in [0, 0.05) is 0 Å². The molecule has 0 N–H and O–H groups in total. The van der Waals surface area contributed by atoms with Crippen LogP contribution in [0.25, 0.3) is 0 Å². The van der Waals surface area contributed by atoms with Crippen LogP contribution in [0.4, 0.5) is 0 Å². The average Bonchev–Trinajstić information content (AvgIpc) is 1.25. The van der Waals surface area contributed by atoms with Gasteiger partial charge in [-0.05, 0) is 0 Å². The fourth-order valence-electron chi connectivity index (χ4n) is 0. The molecule has 6 nitrogen and oxygen atoms in total. The van der Waals surface area contributed by atoms with Gasteiger partial charge in [0.2, 0.25) is 0 Å². The summed E-state index contributed by atoms with van der Waals surface area (Å²) in [5.41, 5.74) is 0. The van der Waals surface area contributed by atoms with Gasteiger partial charge in [-0.15, -0.1) is 0 Å². The van der Waals surface area contributed by atoms with E-state index < -0.39 is 42.1 Å². The molecule has 52 valence electrons. The number of hydrogen-bond acceptors (Lipinski definition) is 6. The monoisotopic (exact) mass is 374 g/mol. The second kappa shape index (κ2) is 12.6. The molecule has 0 aliphatic rings. The van der Waals surface area contributed by atoms with Crippen LogP contribution in [0.3, 0.4) is 0 Å². The Labute approximate surface area is 84.7 Å². The van der Waals surface area contributed by atoms with E-state index >= 15 is 0 Å². The van der Waals surface area contributed by atoms with Crippen molar-refractivity contribution in [1.29, 1.82) is 0 Å². The number of halogens is 2. The molecule has 0 rings (SSSR count). The fraction of sp³-hybridized carbons (Fsp3) is 0. The molecule has 0 fully saturated rings. The summed E-state index contributed by atoms with van der Waals surface area (Å²) < 4.78 is 51.4. The molecule has 0 saturated carbocycles. The molecule has 0 radical (unpaired) electrons. The summed E-state index contributed by atoms with van der Waals surface area (Å²) in [4.78, 5) is 0. The maximum atomic E-state index is 8.57. The zero-order valence-corrected chi connectivity index (χ0v) is 9.64. The first-order valence-electron chi connectivity index (χ1n) is 0.926. The second-order valence-electron chi connectivity index (χ2n) is 0.378. The zero-order valence-electron chi connectivity index (χ0n) is 3.91. The van der Waals surface area contributed by atoms with Crippen LogP contribution in [-0.2, 0) is 0 Å². The summed E-state index contributed by atoms with van der Waals surface area (Å²) in [5.74, 6) is 0. The first-order valence-corrected chi connectivity index (χ1v) is 6.21. The Morgan fingerprint density at radius 3 is 0.556 bits per heavy atom. The molecular weight excluding hydrogens is 374 g/mol. The Morgan fingerprint density at radius 1 is 0.556 bits per heavy atom. The summed E-state index contributed by atoms with van der Waals surface area (Å²) >= 11 is -8.03. The zero-order chi connectivity index (χ0) is 7.15. The van der Waals surface area contributed by atoms with E-state index in [9.17, 15) is 0 Å². The van der Waals surface area contributed by atoms with E-state index in [-0.39, 0.29) is 23.1 Å². The van der Waals surface area contributed by atoms with Gasteiger partial charge in [-0.3, -0.25) is 0 Å². The Kier molecular flexibility index (Phi) is 24.1. The van der Waals surface area contributed by atoms with Gasteiger partial charge in [-0.1, -0.05) is 0 Å². The maximum Gasteiger partial charge on any atom is 2.00 e. The van der Waals surface area contributed by atoms with Crippen molar-refractivity contribution >= 4 is 23.1 Å². The smallest absolute Gasteiger partial charge is 0.427 e. The number of rotatable bonds is 0. The summed E-state index contributed by atoms with van der Waals surface area (Å²) in [7, 11) is 0. The summed E-state index contributed by atoms with van der Waals surface area (Å²) in [5, 5.41) is 0. The van der Waals surface area contributed by atoms with Crippen molar-refractivity contribution in [3.05, 3.63) is 0 Å². The van der Waals surface area contributed by atoms with Crippen LogP contribution in [-0.4, -0.2) is 23.1 Å². The van der Waals surface area contributed by atoms with Crippen LogP contribution >= 0.6 is 0 Å². The molecule has 0 atom stereocenters. The quantitative estimate of drug-likeness (QED) is 0.305. The van der Waals surface area contributed by atoms with E-state index in [1.165, 1.54) is 0 Å². The molecule has 0 aromatic heterocycles. The third kappa shape index (κ3) is 161. The van der Waals surface area contributed by atoms with Crippen LogP contribution in [0.5, 0.6) is 0 Å². The predicted octanol–water partition coefficient (Wildman–Crippen LogP) is -13.5. The summed E-state index contributed by atoms with van der Waals surface area (Å²) in [6, 6.07) is 0. The van der Waals surface area contributed by atoms with Gasteiger partial charge in [0.1, 0.15) is 0 Å². The first-order chi connectivity index (χ1) is 3.46. The first kappa shape index (κ1) is 17.2. The van der Waals surface area contributed by atoms with E-state index in [0.717, 1.165) is 0 Å². The molecule has 0 aliphatic heterocycles. The van der Waals surface area contributed by atoms with Gasteiger partial charge in [0.25, 0.3) is 42.1 Å². The number of hydrogen-bond donors (Lipinski definition) is 0. The molecule has 9 heavy (non-hydrogen) atoms. The van der Waals surface area contributed by atoms with Crippen molar-refractivity contribution in [3.8, 4) is 0 Å². The van der Waals surface area contributed by atoms with Crippen molar-refractivity contribution in [2.24, 2.45) is 0 Å². The minimum atomic E-state index is -4.01. The standard InChI is InChI=1S/2IO3.Mg/c2*2-1(3)4;/q2*-1;+2. The van der Waals surface area contributed by atoms with Crippen molar-refractivity contribution in [1.82, 2.24) is 0 Å². The Hall–Kier alpha value is 1.99. The van der Waals surface area contributed by atoms with Gasteiger partial charge in [0.15, 0.2) is 0 Å². The normalized spacial score (nSPS) is 8.00. The van der Waals surface area contributed by atoms with Gasteiger partial charge in [0.05, 0.1) is 0 Å². The Balaban J connectivity index is -0.0000000720. The molecule has 0 aromatic carbocycles. The topological polar surface area (TPSA) is 138 Å². The molecule has 0 bridgehead atoms. The van der Waals surface area contributed by atoms with Crippen LogP contribution < -0.4 is 62.7 Å². The largest absolute Gasteiger partial charge is 2.00 e. The maximum absolute atomic E-state index is 8.57. The third-order valence-electron chi connectivity index (χ3n) is 0. The van der Waals surface area contributed by atoms with Gasteiger partial charge >= 0.3 is 23.1 Å². The Morgan fingerprint density at radius 2 is 0.556 bits per heavy atom. The van der Waals surface area contributed by atoms with Gasteiger partial charge in [-0.2, -0.15) is 0 Å². The minimum Gasteiger partial charge on any atom is -0.427 e. The van der Waals surface area contributed by atoms with Crippen LogP contribution in [0.2, 0.25) is 0 Å². The fourth-order valence-corrected chi connectivity index (χ4v) is 0. The van der Waals surface area contributed by atoms with Crippen molar-refractivity contribution in [2.75, 3.05) is 0 Å². The molecular formula is I2MgO6. The van der Waals surface area contributed by atoms with Crippen molar-refractivity contribution < 1.29 is 62.7 Å². The predicted molar refractivity (Wildman–Crippen MR) is 5.75 cm³/mol. The van der Waals surface area contributed by atoms with Gasteiger partial charge in [-0.25, -0.2) is 0 Å². The molecule has 0 heterocycles. The van der Waals surface area contributed by atoms with E-state index in [1.54, 1.807) is 0 Å². The molecule has 0 unspecified atom stereocenters. The molecule has 0 amide bonds. The van der Waals surface area contributed by atoms with Crippen LogP contribution in [0, 0.1) is 0 Å². The summed E-state index contributed by atoms with van der Waals surface area (Å²) in [6.45, 7) is 0. The molecule has 0 spiro atoms. The molecule has 0 aliphatic carbocycles. The van der Waals surface area contributed by atoms with Gasteiger partial charge < -0.3 is 20.6 Å². The van der Waals surface area contributed by atoms with Crippen LogP contribution in [0.15, 0.2) is 0 Å². The van der Waals surface area contributed by atoms with E-state index in [4.69, 9.17) is 20.6 Å². The van der Waals surface area contributed by atoms with E-state index in [2.05, 4.69) is 0 Å². The van der Waals surface area contributed by atoms with E-state index in [1.807, 2.05) is 0 Å². The molecule has 0 aromatic rings. The summed E-state index contributed by atoms with van der Waals surface area (Å²) in [6.07, 6.45) is 0. The van der Waals surface area contributed by atoms with Crippen LogP contribution in [0.1, 0.15) is 0 Å². The second-order valence-corrected chi connectivity index (χ2v) is 2.54. The average molecular weight is 374 g/mol. The van der Waals surface area contributed by atoms with E-state index in [0.29, 0.717) is 0 Å².